The number of nitrogens with one attached hydrogen (secondary N) is 2. The van der Waals surface area contributed by atoms with E-state index in [0.29, 0.717) is 34.5 Å². The predicted molar refractivity (Wildman–Crippen MR) is 91.6 cm³/mol. The van der Waals surface area contributed by atoms with Gasteiger partial charge in [0.1, 0.15) is 11.6 Å². The highest BCUT2D eigenvalue weighted by molar-refractivity contribution is 8.00. The molecule has 3 rings (SSSR count). The first-order chi connectivity index (χ1) is 12.1. The minimum absolute atomic E-state index is 0.224. The molecule has 25 heavy (non-hydrogen) atoms. The molecule has 1 atom stereocenters. The molecule has 130 valence electrons. The van der Waals surface area contributed by atoms with Gasteiger partial charge in [-0.1, -0.05) is 36.0 Å². The fourth-order valence-electron chi connectivity index (χ4n) is 2.15. The molecule has 0 saturated carbocycles. The number of rotatable bonds is 6. The highest BCUT2D eigenvalue weighted by Crippen LogP contribution is 2.26. The van der Waals surface area contributed by atoms with E-state index >= 15 is 0 Å². The van der Waals surface area contributed by atoms with Crippen molar-refractivity contribution in [2.75, 3.05) is 5.32 Å². The molecular formula is C16H16FN5O2S. The van der Waals surface area contributed by atoms with Crippen LogP contribution < -0.4 is 5.32 Å². The zero-order chi connectivity index (χ0) is 17.8. The first-order valence-electron chi connectivity index (χ1n) is 7.65. The highest BCUT2D eigenvalue weighted by atomic mass is 32.2. The molecular weight excluding hydrogens is 345 g/mol. The van der Waals surface area contributed by atoms with E-state index in [1.54, 1.807) is 31.2 Å². The van der Waals surface area contributed by atoms with Crippen molar-refractivity contribution in [2.45, 2.75) is 30.7 Å². The summed E-state index contributed by atoms with van der Waals surface area (Å²) in [7, 11) is 0. The Bertz CT molecular complexity index is 879. The zero-order valence-corrected chi connectivity index (χ0v) is 14.4. The summed E-state index contributed by atoms with van der Waals surface area (Å²) in [6.45, 7) is 3.63. The monoisotopic (exact) mass is 361 g/mol. The van der Waals surface area contributed by atoms with Gasteiger partial charge in [-0.15, -0.1) is 5.10 Å². The molecule has 0 bridgehead atoms. The summed E-state index contributed by atoms with van der Waals surface area (Å²) in [5.74, 6) is 0.686. The number of halogens is 1. The summed E-state index contributed by atoms with van der Waals surface area (Å²) in [6.07, 6.45) is 0.566. The van der Waals surface area contributed by atoms with Crippen LogP contribution >= 0.6 is 11.8 Å². The number of H-pyrrole nitrogens is 1. The van der Waals surface area contributed by atoms with Crippen LogP contribution in [0.2, 0.25) is 0 Å². The number of hydrogen-bond donors (Lipinski definition) is 2. The number of hydrogen-bond acceptors (Lipinski definition) is 6. The fourth-order valence-corrected chi connectivity index (χ4v) is 2.98. The van der Waals surface area contributed by atoms with E-state index in [2.05, 4.69) is 25.7 Å². The fraction of sp³-hybridized carbons (Fsp3) is 0.250. The van der Waals surface area contributed by atoms with E-state index in [1.807, 2.05) is 6.92 Å². The van der Waals surface area contributed by atoms with Crippen LogP contribution in [0.5, 0.6) is 0 Å². The van der Waals surface area contributed by atoms with E-state index in [9.17, 15) is 9.18 Å². The smallest absolute Gasteiger partial charge is 0.239 e. The van der Waals surface area contributed by atoms with E-state index < -0.39 is 5.25 Å². The van der Waals surface area contributed by atoms with Crippen molar-refractivity contribution in [1.29, 1.82) is 0 Å². The van der Waals surface area contributed by atoms with Gasteiger partial charge in [-0.2, -0.15) is 0 Å². The molecule has 0 spiro atoms. The van der Waals surface area contributed by atoms with Gasteiger partial charge in [0, 0.05) is 6.07 Å². The molecule has 3 aromatic rings. The summed E-state index contributed by atoms with van der Waals surface area (Å²) in [4.78, 5) is 16.6. The first-order valence-corrected chi connectivity index (χ1v) is 8.53. The first kappa shape index (κ1) is 17.2. The normalized spacial score (nSPS) is 12.1. The van der Waals surface area contributed by atoms with Gasteiger partial charge >= 0.3 is 0 Å². The molecule has 0 aliphatic heterocycles. The zero-order valence-electron chi connectivity index (χ0n) is 13.6. The van der Waals surface area contributed by atoms with Gasteiger partial charge in [-0.3, -0.25) is 9.89 Å². The average molecular weight is 361 g/mol. The lowest BCUT2D eigenvalue weighted by Crippen LogP contribution is -2.24. The number of aromatic nitrogens is 4. The van der Waals surface area contributed by atoms with Crippen molar-refractivity contribution in [2.24, 2.45) is 0 Å². The van der Waals surface area contributed by atoms with Gasteiger partial charge in [0.15, 0.2) is 11.6 Å². The van der Waals surface area contributed by atoms with Crippen molar-refractivity contribution in [3.05, 3.63) is 41.9 Å². The Morgan fingerprint density at radius 3 is 2.92 bits per heavy atom. The Hall–Kier alpha value is -2.68. The van der Waals surface area contributed by atoms with Crippen LogP contribution in [-0.2, 0) is 4.79 Å². The number of carbonyl (C=O) groups is 1. The second kappa shape index (κ2) is 7.47. The third-order valence-electron chi connectivity index (χ3n) is 3.38. The number of anilines is 1. The van der Waals surface area contributed by atoms with Gasteiger partial charge in [0.25, 0.3) is 0 Å². The molecule has 2 N–H and O–H groups in total. The number of amides is 1. The molecule has 0 radical (unpaired) electrons. The molecule has 2 aromatic heterocycles. The van der Waals surface area contributed by atoms with Crippen LogP contribution in [0.1, 0.15) is 19.1 Å². The average Bonchev–Trinajstić information content (AvgIpc) is 3.22. The van der Waals surface area contributed by atoms with Crippen molar-refractivity contribution in [3.8, 4) is 11.4 Å². The van der Waals surface area contributed by atoms with Crippen LogP contribution in [0.15, 0.2) is 40.0 Å². The molecule has 0 fully saturated rings. The number of carbonyl (C=O) groups excluding carboxylic acids is 1. The standard InChI is InChI=1S/C16H16FN5O2S/c1-3-12(15(23)18-13-8-9(2)24-22-13)25-16-19-14(20-21-16)10-6-4-5-7-11(10)17/h4-8,12H,3H2,1-2H3,(H,18,22,23)(H,19,20,21)/t12-/m0/s1. The number of benzene rings is 1. The predicted octanol–water partition coefficient (Wildman–Crippen LogP) is 3.42. The van der Waals surface area contributed by atoms with Gasteiger partial charge < -0.3 is 9.84 Å². The van der Waals surface area contributed by atoms with E-state index in [0.717, 1.165) is 0 Å². The van der Waals surface area contributed by atoms with Crippen molar-refractivity contribution in [1.82, 2.24) is 20.3 Å². The molecule has 0 unspecified atom stereocenters. The van der Waals surface area contributed by atoms with Crippen LogP contribution in [-0.4, -0.2) is 31.5 Å². The molecule has 2 heterocycles. The molecule has 1 aromatic carbocycles. The van der Waals surface area contributed by atoms with Gasteiger partial charge in [0.2, 0.25) is 11.1 Å². The largest absolute Gasteiger partial charge is 0.360 e. The second-order valence-electron chi connectivity index (χ2n) is 5.27. The minimum atomic E-state index is -0.415. The lowest BCUT2D eigenvalue weighted by atomic mass is 10.2. The van der Waals surface area contributed by atoms with Crippen LogP contribution in [0.4, 0.5) is 10.2 Å². The molecule has 9 heteroatoms. The lowest BCUT2D eigenvalue weighted by Gasteiger charge is -2.10. The Balaban J connectivity index is 1.70. The summed E-state index contributed by atoms with van der Waals surface area (Å²) in [5.41, 5.74) is 0.331. The van der Waals surface area contributed by atoms with E-state index in [-0.39, 0.29) is 11.7 Å². The Kier molecular flexibility index (Phi) is 5.13. The van der Waals surface area contributed by atoms with Crippen LogP contribution in [0.25, 0.3) is 11.4 Å². The molecule has 0 aliphatic rings. The van der Waals surface area contributed by atoms with Crippen molar-refractivity contribution < 1.29 is 13.7 Å². The van der Waals surface area contributed by atoms with Crippen LogP contribution in [0.3, 0.4) is 0 Å². The quantitative estimate of drug-likeness (QED) is 0.653. The van der Waals surface area contributed by atoms with E-state index in [4.69, 9.17) is 4.52 Å². The summed E-state index contributed by atoms with van der Waals surface area (Å²) < 4.78 is 18.7. The second-order valence-corrected chi connectivity index (χ2v) is 6.44. The number of aryl methyl sites for hydroxylation is 1. The van der Waals surface area contributed by atoms with Gasteiger partial charge in [0.05, 0.1) is 10.8 Å². The highest BCUT2D eigenvalue weighted by Gasteiger charge is 2.22. The van der Waals surface area contributed by atoms with E-state index in [1.165, 1.54) is 17.8 Å². The Morgan fingerprint density at radius 2 is 2.24 bits per heavy atom. The maximum Gasteiger partial charge on any atom is 0.239 e. The third-order valence-corrected chi connectivity index (χ3v) is 4.61. The summed E-state index contributed by atoms with van der Waals surface area (Å²) in [5, 5.41) is 13.1. The van der Waals surface area contributed by atoms with Crippen LogP contribution in [0, 0.1) is 12.7 Å². The molecule has 1 amide bonds. The number of nitrogens with zero attached hydrogens (tertiary/aromatic N) is 3. The lowest BCUT2D eigenvalue weighted by molar-refractivity contribution is -0.115. The molecule has 0 aliphatic carbocycles. The topological polar surface area (TPSA) is 96.7 Å². The number of thioether (sulfide) groups is 1. The third kappa shape index (κ3) is 4.05. The molecule has 0 saturated heterocycles. The SMILES string of the molecule is CC[C@H](Sc1n[nH]c(-c2ccccc2F)n1)C(=O)Nc1cc(C)on1. The number of aromatic amines is 1. The van der Waals surface area contributed by atoms with Crippen molar-refractivity contribution >= 4 is 23.5 Å². The molecule has 7 nitrogen and oxygen atoms in total. The maximum absolute atomic E-state index is 13.8. The summed E-state index contributed by atoms with van der Waals surface area (Å²) >= 11 is 1.20. The Morgan fingerprint density at radius 1 is 1.44 bits per heavy atom. The minimum Gasteiger partial charge on any atom is -0.360 e. The van der Waals surface area contributed by atoms with Crippen molar-refractivity contribution in [3.63, 3.8) is 0 Å². The summed E-state index contributed by atoms with van der Waals surface area (Å²) in [6, 6.07) is 7.93. The van der Waals surface area contributed by atoms with Gasteiger partial charge in [-0.05, 0) is 25.5 Å². The van der Waals surface area contributed by atoms with Gasteiger partial charge in [-0.25, -0.2) is 9.37 Å². The Labute approximate surface area is 147 Å². The maximum atomic E-state index is 13.8.